The van der Waals surface area contributed by atoms with Crippen LogP contribution >= 0.6 is 0 Å². The minimum atomic E-state index is -3.64. The second-order valence-corrected chi connectivity index (χ2v) is 7.90. The van der Waals surface area contributed by atoms with Gasteiger partial charge in [-0.15, -0.1) is 0 Å². The van der Waals surface area contributed by atoms with Gasteiger partial charge in [0, 0.05) is 32.8 Å². The van der Waals surface area contributed by atoms with Crippen molar-refractivity contribution < 1.29 is 17.9 Å². The predicted molar refractivity (Wildman–Crippen MR) is 105 cm³/mol. The van der Waals surface area contributed by atoms with E-state index in [0.717, 1.165) is 43.9 Å². The molecule has 0 saturated carbocycles. The van der Waals surface area contributed by atoms with Crippen molar-refractivity contribution in [2.75, 3.05) is 39.5 Å². The molecule has 1 heterocycles. The minimum Gasteiger partial charge on any atom is -0.379 e. The highest BCUT2D eigenvalue weighted by molar-refractivity contribution is 7.89. The van der Waals surface area contributed by atoms with Crippen LogP contribution in [0.2, 0.25) is 0 Å². The van der Waals surface area contributed by atoms with Crippen molar-refractivity contribution in [1.82, 2.24) is 10.6 Å². The molecule has 2 rings (SSSR count). The Balaban J connectivity index is 1.69. The van der Waals surface area contributed by atoms with Crippen LogP contribution < -0.4 is 15.8 Å². The summed E-state index contributed by atoms with van der Waals surface area (Å²) in [6.07, 6.45) is 2.83. The maximum Gasteiger partial charge on any atom is 0.238 e. The van der Waals surface area contributed by atoms with Crippen molar-refractivity contribution in [3.63, 3.8) is 0 Å². The second kappa shape index (κ2) is 11.2. The van der Waals surface area contributed by atoms with Crippen LogP contribution in [0.3, 0.4) is 0 Å². The molecule has 1 unspecified atom stereocenters. The second-order valence-electron chi connectivity index (χ2n) is 6.34. The molecule has 1 aliphatic heterocycles. The van der Waals surface area contributed by atoms with Crippen LogP contribution in [0, 0.1) is 0 Å². The third kappa shape index (κ3) is 8.25. The first-order valence-corrected chi connectivity index (χ1v) is 10.9. The SMILES string of the molecule is CCNC(=NCCCOC1CCOC1)NCCc1ccc(S(N)(=O)=O)cc1. The van der Waals surface area contributed by atoms with Gasteiger partial charge in [0.1, 0.15) is 0 Å². The average molecular weight is 399 g/mol. The Morgan fingerprint density at radius 2 is 2.11 bits per heavy atom. The molecule has 4 N–H and O–H groups in total. The van der Waals surface area contributed by atoms with Gasteiger partial charge in [0.25, 0.3) is 0 Å². The number of benzene rings is 1. The molecule has 1 atom stereocenters. The number of hydrogen-bond donors (Lipinski definition) is 3. The van der Waals surface area contributed by atoms with Crippen LogP contribution in [0.15, 0.2) is 34.2 Å². The largest absolute Gasteiger partial charge is 0.379 e. The summed E-state index contributed by atoms with van der Waals surface area (Å²) >= 11 is 0. The lowest BCUT2D eigenvalue weighted by Crippen LogP contribution is -2.38. The normalized spacial score (nSPS) is 17.9. The van der Waals surface area contributed by atoms with Crippen molar-refractivity contribution in [2.24, 2.45) is 10.1 Å². The maximum absolute atomic E-state index is 11.3. The molecule has 1 aliphatic rings. The van der Waals surface area contributed by atoms with E-state index < -0.39 is 10.0 Å². The molecule has 27 heavy (non-hydrogen) atoms. The van der Waals surface area contributed by atoms with Gasteiger partial charge in [0.05, 0.1) is 17.6 Å². The number of aliphatic imine (C=N–C) groups is 1. The summed E-state index contributed by atoms with van der Waals surface area (Å²) in [5.41, 5.74) is 1.03. The minimum absolute atomic E-state index is 0.125. The molecule has 0 amide bonds. The molecule has 9 heteroatoms. The fourth-order valence-electron chi connectivity index (χ4n) is 2.66. The van der Waals surface area contributed by atoms with Crippen LogP contribution in [0.25, 0.3) is 0 Å². The standard InChI is InChI=1S/C18H30N4O4S/c1-2-20-18(21-10-3-12-26-16-9-13-25-14-16)22-11-8-15-4-6-17(7-5-15)27(19,23)24/h4-7,16H,2-3,8-14H2,1H3,(H2,19,23,24)(H2,20,21,22). The lowest BCUT2D eigenvalue weighted by Gasteiger charge is -2.12. The molecular formula is C18H30N4O4S. The zero-order chi connectivity index (χ0) is 19.5. The zero-order valence-electron chi connectivity index (χ0n) is 15.8. The highest BCUT2D eigenvalue weighted by atomic mass is 32.2. The summed E-state index contributed by atoms with van der Waals surface area (Å²) in [5.74, 6) is 0.767. The molecule has 1 aromatic rings. The number of nitrogens with two attached hydrogens (primary N) is 1. The summed E-state index contributed by atoms with van der Waals surface area (Å²) in [5, 5.41) is 11.6. The van der Waals surface area contributed by atoms with Gasteiger partial charge < -0.3 is 20.1 Å². The molecule has 0 radical (unpaired) electrons. The van der Waals surface area contributed by atoms with E-state index in [1.807, 2.05) is 6.92 Å². The van der Waals surface area contributed by atoms with Gasteiger partial charge >= 0.3 is 0 Å². The first kappa shape index (κ1) is 21.6. The molecule has 0 spiro atoms. The monoisotopic (exact) mass is 398 g/mol. The van der Waals surface area contributed by atoms with Gasteiger partial charge in [-0.25, -0.2) is 13.6 Å². The predicted octanol–water partition coefficient (Wildman–Crippen LogP) is 0.627. The number of nitrogens with zero attached hydrogens (tertiary/aromatic N) is 1. The fourth-order valence-corrected chi connectivity index (χ4v) is 3.18. The Labute approximate surface area is 161 Å². The van der Waals surface area contributed by atoms with E-state index in [0.29, 0.717) is 26.3 Å². The van der Waals surface area contributed by atoms with Crippen LogP contribution in [0.5, 0.6) is 0 Å². The van der Waals surface area contributed by atoms with E-state index in [4.69, 9.17) is 14.6 Å². The average Bonchev–Trinajstić information content (AvgIpc) is 3.14. The highest BCUT2D eigenvalue weighted by Crippen LogP contribution is 2.09. The topological polar surface area (TPSA) is 115 Å². The van der Waals surface area contributed by atoms with Gasteiger partial charge in [0.2, 0.25) is 10.0 Å². The van der Waals surface area contributed by atoms with Crippen molar-refractivity contribution in [1.29, 1.82) is 0 Å². The van der Waals surface area contributed by atoms with E-state index in [1.54, 1.807) is 12.1 Å². The Morgan fingerprint density at radius 1 is 1.33 bits per heavy atom. The molecular weight excluding hydrogens is 368 g/mol. The van der Waals surface area contributed by atoms with E-state index in [9.17, 15) is 8.42 Å². The molecule has 0 aliphatic carbocycles. The molecule has 8 nitrogen and oxygen atoms in total. The van der Waals surface area contributed by atoms with Crippen LogP contribution in [-0.2, 0) is 25.9 Å². The van der Waals surface area contributed by atoms with E-state index in [1.165, 1.54) is 12.1 Å². The third-order valence-electron chi connectivity index (χ3n) is 4.12. The first-order valence-electron chi connectivity index (χ1n) is 9.32. The number of guanidine groups is 1. The summed E-state index contributed by atoms with van der Waals surface area (Å²) in [6, 6.07) is 6.60. The van der Waals surface area contributed by atoms with Gasteiger partial charge in [0.15, 0.2) is 5.96 Å². The van der Waals surface area contributed by atoms with Gasteiger partial charge in [-0.1, -0.05) is 12.1 Å². The molecule has 1 fully saturated rings. The van der Waals surface area contributed by atoms with E-state index in [2.05, 4.69) is 15.6 Å². The summed E-state index contributed by atoms with van der Waals surface area (Å²) in [4.78, 5) is 4.67. The summed E-state index contributed by atoms with van der Waals surface area (Å²) < 4.78 is 33.5. The Morgan fingerprint density at radius 3 is 2.74 bits per heavy atom. The Hall–Kier alpha value is -1.68. The maximum atomic E-state index is 11.3. The van der Waals surface area contributed by atoms with E-state index >= 15 is 0 Å². The number of rotatable bonds is 10. The van der Waals surface area contributed by atoms with Gasteiger partial charge in [-0.2, -0.15) is 0 Å². The third-order valence-corrected chi connectivity index (χ3v) is 5.05. The Bertz CT molecular complexity index is 686. The lowest BCUT2D eigenvalue weighted by atomic mass is 10.1. The lowest BCUT2D eigenvalue weighted by molar-refractivity contribution is 0.0424. The number of sulfonamides is 1. The highest BCUT2D eigenvalue weighted by Gasteiger charge is 2.15. The smallest absolute Gasteiger partial charge is 0.238 e. The molecule has 152 valence electrons. The number of primary sulfonamides is 1. The fraction of sp³-hybridized carbons (Fsp3) is 0.611. The van der Waals surface area contributed by atoms with Crippen molar-refractivity contribution in [2.45, 2.75) is 37.2 Å². The molecule has 0 bridgehead atoms. The molecule has 1 saturated heterocycles. The van der Waals surface area contributed by atoms with Crippen molar-refractivity contribution in [3.8, 4) is 0 Å². The van der Waals surface area contributed by atoms with Crippen LogP contribution in [0.1, 0.15) is 25.3 Å². The number of nitrogens with one attached hydrogen (secondary N) is 2. The number of ether oxygens (including phenoxy) is 2. The zero-order valence-corrected chi connectivity index (χ0v) is 16.6. The van der Waals surface area contributed by atoms with Crippen molar-refractivity contribution >= 4 is 16.0 Å². The first-order chi connectivity index (χ1) is 13.0. The summed E-state index contributed by atoms with van der Waals surface area (Å²) in [6.45, 7) is 6.36. The van der Waals surface area contributed by atoms with Crippen LogP contribution in [-0.4, -0.2) is 59.9 Å². The Kier molecular flexibility index (Phi) is 8.99. The van der Waals surface area contributed by atoms with Crippen molar-refractivity contribution in [3.05, 3.63) is 29.8 Å². The van der Waals surface area contributed by atoms with Gasteiger partial charge in [-0.3, -0.25) is 4.99 Å². The number of hydrogen-bond acceptors (Lipinski definition) is 5. The van der Waals surface area contributed by atoms with Crippen LogP contribution in [0.4, 0.5) is 0 Å². The summed E-state index contributed by atoms with van der Waals surface area (Å²) in [7, 11) is -3.64. The van der Waals surface area contributed by atoms with Gasteiger partial charge in [-0.05, 0) is 43.9 Å². The molecule has 0 aromatic heterocycles. The van der Waals surface area contributed by atoms with E-state index in [-0.39, 0.29) is 11.0 Å². The molecule has 1 aromatic carbocycles. The quantitative estimate of drug-likeness (QED) is 0.302.